The summed E-state index contributed by atoms with van der Waals surface area (Å²) in [4.78, 5) is 14.4. The molecule has 172 valence electrons. The molecule has 5 rings (SSSR count). The fourth-order valence-corrected chi connectivity index (χ4v) is 6.79. The minimum absolute atomic E-state index is 0.0314. The van der Waals surface area contributed by atoms with Gasteiger partial charge in [0.2, 0.25) is 5.91 Å². The molecule has 2 aromatic rings. The number of likely N-dealkylation sites (tertiary alicyclic amines) is 1. The maximum Gasteiger partial charge on any atom is 0.240 e. The second-order valence-electron chi connectivity index (χ2n) is 9.07. The van der Waals surface area contributed by atoms with Crippen LogP contribution in [0.1, 0.15) is 42.4 Å². The van der Waals surface area contributed by atoms with Crippen molar-refractivity contribution in [3.8, 4) is 5.75 Å². The van der Waals surface area contributed by atoms with Gasteiger partial charge in [-0.05, 0) is 59.7 Å². The number of fused-ring (bicyclic) bond motifs is 1. The second kappa shape index (κ2) is 9.18. The largest absolute Gasteiger partial charge is 0.490 e. The number of ether oxygens (including phenoxy) is 1. The van der Waals surface area contributed by atoms with E-state index in [9.17, 15) is 13.2 Å². The molecule has 1 unspecified atom stereocenters. The third-order valence-electron chi connectivity index (χ3n) is 6.85. The number of carbonyl (C=O) groups is 1. The molecule has 0 radical (unpaired) electrons. The first-order chi connectivity index (χ1) is 16.0. The molecule has 0 saturated carbocycles. The molecule has 5 nitrogen and oxygen atoms in total. The molecule has 2 aliphatic heterocycles. The number of hydrogen-bond acceptors (Lipinski definition) is 4. The molecule has 0 aromatic heterocycles. The maximum atomic E-state index is 12.7. The van der Waals surface area contributed by atoms with E-state index in [1.165, 1.54) is 16.7 Å². The number of nitrogens with zero attached hydrogens (tertiary/aromatic N) is 1. The van der Waals surface area contributed by atoms with Crippen LogP contribution in [0, 0.1) is 0 Å². The van der Waals surface area contributed by atoms with E-state index >= 15 is 0 Å². The standard InChI is InChI=1S/C27H29NO4S/c29-27(26-9-4-18-33(26,30)31)28-16-14-25(15-17-28)32-24-12-10-21(11-13-24)23-8-3-7-20-5-1-2-6-22(20)19-23/h1-3,5-6,8,10-13,19,25-26H,4,7,9,14-18H2. The lowest BCUT2D eigenvalue weighted by Gasteiger charge is -2.33. The SMILES string of the molecule is O=C(C1CCCS1(=O)=O)N1CCC(Oc2ccc(C3=Cc4ccccc4CC=C3)cc2)CC1. The monoisotopic (exact) mass is 463 g/mol. The summed E-state index contributed by atoms with van der Waals surface area (Å²) in [6.45, 7) is 1.09. The molecule has 0 bridgehead atoms. The molecule has 0 N–H and O–H groups in total. The fraction of sp³-hybridized carbons (Fsp3) is 0.370. The van der Waals surface area contributed by atoms with Gasteiger partial charge in [-0.25, -0.2) is 8.42 Å². The van der Waals surface area contributed by atoms with Crippen molar-refractivity contribution in [1.82, 2.24) is 4.90 Å². The van der Waals surface area contributed by atoms with Crippen LogP contribution in [-0.4, -0.2) is 49.4 Å². The molecule has 6 heteroatoms. The highest BCUT2D eigenvalue weighted by atomic mass is 32.2. The van der Waals surface area contributed by atoms with E-state index in [4.69, 9.17) is 4.74 Å². The smallest absolute Gasteiger partial charge is 0.240 e. The van der Waals surface area contributed by atoms with Gasteiger partial charge in [-0.1, -0.05) is 48.6 Å². The summed E-state index contributed by atoms with van der Waals surface area (Å²) in [6.07, 6.45) is 10.0. The van der Waals surface area contributed by atoms with E-state index in [0.717, 1.165) is 17.7 Å². The van der Waals surface area contributed by atoms with Crippen LogP contribution in [0.5, 0.6) is 5.75 Å². The van der Waals surface area contributed by atoms with Gasteiger partial charge in [0.15, 0.2) is 9.84 Å². The number of piperidine rings is 1. The van der Waals surface area contributed by atoms with E-state index in [2.05, 4.69) is 54.6 Å². The Morgan fingerprint density at radius 1 is 0.970 bits per heavy atom. The molecule has 2 fully saturated rings. The topological polar surface area (TPSA) is 63.7 Å². The molecule has 2 aromatic carbocycles. The van der Waals surface area contributed by atoms with Crippen molar-refractivity contribution in [1.29, 1.82) is 0 Å². The lowest BCUT2D eigenvalue weighted by molar-refractivity contribution is -0.132. The Morgan fingerprint density at radius 2 is 1.73 bits per heavy atom. The average molecular weight is 464 g/mol. The maximum absolute atomic E-state index is 12.7. The van der Waals surface area contributed by atoms with E-state index in [1.54, 1.807) is 4.90 Å². The van der Waals surface area contributed by atoms with Gasteiger partial charge in [-0.15, -0.1) is 0 Å². The number of allylic oxidation sites excluding steroid dienone is 3. The molecule has 0 spiro atoms. The van der Waals surface area contributed by atoms with E-state index < -0.39 is 15.1 Å². The van der Waals surface area contributed by atoms with Crippen LogP contribution >= 0.6 is 0 Å². The predicted octanol–water partition coefficient (Wildman–Crippen LogP) is 4.29. The number of benzene rings is 2. The third-order valence-corrected chi connectivity index (χ3v) is 9.01. The highest BCUT2D eigenvalue weighted by Gasteiger charge is 2.40. The lowest BCUT2D eigenvalue weighted by atomic mass is 10.0. The molecule has 1 aliphatic carbocycles. The summed E-state index contributed by atoms with van der Waals surface area (Å²) in [6, 6.07) is 16.6. The molecule has 2 saturated heterocycles. The van der Waals surface area contributed by atoms with Crippen LogP contribution in [0.4, 0.5) is 0 Å². The summed E-state index contributed by atoms with van der Waals surface area (Å²) in [5.41, 5.74) is 4.91. The molecular weight excluding hydrogens is 434 g/mol. The first-order valence-electron chi connectivity index (χ1n) is 11.7. The Hall–Kier alpha value is -2.86. The molecular formula is C27H29NO4S. The van der Waals surface area contributed by atoms with Crippen molar-refractivity contribution in [3.05, 3.63) is 77.4 Å². The first-order valence-corrected chi connectivity index (χ1v) is 13.4. The highest BCUT2D eigenvalue weighted by Crippen LogP contribution is 2.28. The summed E-state index contributed by atoms with van der Waals surface area (Å²) < 4.78 is 30.4. The van der Waals surface area contributed by atoms with Gasteiger partial charge in [-0.2, -0.15) is 0 Å². The van der Waals surface area contributed by atoms with Crippen LogP contribution in [-0.2, 0) is 21.1 Å². The number of hydrogen-bond donors (Lipinski definition) is 0. The highest BCUT2D eigenvalue weighted by molar-refractivity contribution is 7.93. The summed E-state index contributed by atoms with van der Waals surface area (Å²) >= 11 is 0. The van der Waals surface area contributed by atoms with E-state index in [0.29, 0.717) is 38.8 Å². The first kappa shape index (κ1) is 22.0. The number of rotatable bonds is 4. The Morgan fingerprint density at radius 3 is 2.45 bits per heavy atom. The Labute approximate surface area is 195 Å². The molecule has 1 amide bonds. The normalized spacial score (nSPS) is 22.4. The van der Waals surface area contributed by atoms with Gasteiger partial charge >= 0.3 is 0 Å². The number of sulfone groups is 1. The van der Waals surface area contributed by atoms with Crippen molar-refractivity contribution < 1.29 is 17.9 Å². The van der Waals surface area contributed by atoms with Gasteiger partial charge < -0.3 is 9.64 Å². The van der Waals surface area contributed by atoms with Gasteiger partial charge in [0.25, 0.3) is 0 Å². The van der Waals surface area contributed by atoms with Gasteiger partial charge in [-0.3, -0.25) is 4.79 Å². The van der Waals surface area contributed by atoms with E-state index in [1.807, 2.05) is 12.1 Å². The average Bonchev–Trinajstić information content (AvgIpc) is 3.04. The van der Waals surface area contributed by atoms with Crippen LogP contribution in [0.3, 0.4) is 0 Å². The zero-order valence-corrected chi connectivity index (χ0v) is 19.5. The van der Waals surface area contributed by atoms with Gasteiger partial charge in [0, 0.05) is 25.9 Å². The van der Waals surface area contributed by atoms with Crippen LogP contribution in [0.2, 0.25) is 0 Å². The predicted molar refractivity (Wildman–Crippen MR) is 131 cm³/mol. The number of amides is 1. The van der Waals surface area contributed by atoms with Crippen LogP contribution < -0.4 is 4.74 Å². The molecule has 3 aliphatic rings. The fourth-order valence-electron chi connectivity index (χ4n) is 4.95. The second-order valence-corrected chi connectivity index (χ2v) is 11.4. The molecule has 2 heterocycles. The molecule has 33 heavy (non-hydrogen) atoms. The van der Waals surface area contributed by atoms with Crippen molar-refractivity contribution in [2.75, 3.05) is 18.8 Å². The zero-order valence-electron chi connectivity index (χ0n) is 18.7. The summed E-state index contributed by atoms with van der Waals surface area (Å²) in [5, 5.41) is -0.832. The van der Waals surface area contributed by atoms with Crippen molar-refractivity contribution in [2.45, 2.75) is 43.5 Å². The lowest BCUT2D eigenvalue weighted by Crippen LogP contribution is -2.47. The van der Waals surface area contributed by atoms with Crippen molar-refractivity contribution in [2.24, 2.45) is 0 Å². The van der Waals surface area contributed by atoms with Crippen molar-refractivity contribution >= 4 is 27.4 Å². The summed E-state index contributed by atoms with van der Waals surface area (Å²) in [5.74, 6) is 0.736. The Balaban J connectivity index is 1.19. The Bertz CT molecular complexity index is 1190. The third kappa shape index (κ3) is 4.76. The zero-order chi connectivity index (χ0) is 22.8. The van der Waals surface area contributed by atoms with E-state index in [-0.39, 0.29) is 17.8 Å². The minimum Gasteiger partial charge on any atom is -0.490 e. The van der Waals surface area contributed by atoms with Crippen LogP contribution in [0.25, 0.3) is 11.6 Å². The minimum atomic E-state index is -3.26. The summed E-state index contributed by atoms with van der Waals surface area (Å²) in [7, 11) is -3.26. The molecule has 1 atom stereocenters. The Kier molecular flexibility index (Phi) is 6.11. The quantitative estimate of drug-likeness (QED) is 0.679. The number of carbonyl (C=O) groups excluding carboxylic acids is 1. The van der Waals surface area contributed by atoms with Crippen molar-refractivity contribution in [3.63, 3.8) is 0 Å². The van der Waals surface area contributed by atoms with Crippen LogP contribution in [0.15, 0.2) is 60.7 Å². The van der Waals surface area contributed by atoms with Gasteiger partial charge in [0.05, 0.1) is 5.75 Å². The van der Waals surface area contributed by atoms with Gasteiger partial charge in [0.1, 0.15) is 17.1 Å².